The predicted octanol–water partition coefficient (Wildman–Crippen LogP) is 11.8. The molecule has 1 amide bonds. The van der Waals surface area contributed by atoms with Crippen molar-refractivity contribution in [2.45, 2.75) is 288 Å². The van der Waals surface area contributed by atoms with Gasteiger partial charge in [0.05, 0.1) is 25.4 Å². The van der Waals surface area contributed by atoms with Crippen LogP contribution in [0.1, 0.15) is 245 Å². The third kappa shape index (κ3) is 32.9. The number of rotatable bonds is 44. The molecule has 9 heteroatoms. The molecular formula is C52H99NO8. The number of carbonyl (C=O) groups is 1. The van der Waals surface area contributed by atoms with Crippen molar-refractivity contribution in [3.8, 4) is 0 Å². The van der Waals surface area contributed by atoms with Gasteiger partial charge in [-0.2, -0.15) is 0 Å². The summed E-state index contributed by atoms with van der Waals surface area (Å²) in [6.45, 7) is 3.81. The van der Waals surface area contributed by atoms with Gasteiger partial charge in [-0.05, 0) is 32.1 Å². The zero-order chi connectivity index (χ0) is 44.4. The molecule has 0 saturated carbocycles. The van der Waals surface area contributed by atoms with Gasteiger partial charge in [0, 0.05) is 6.42 Å². The predicted molar refractivity (Wildman–Crippen MR) is 253 cm³/mol. The molecule has 360 valence electrons. The first-order valence-corrected chi connectivity index (χ1v) is 26.0. The zero-order valence-electron chi connectivity index (χ0n) is 39.7. The fourth-order valence-electron chi connectivity index (χ4n) is 8.39. The van der Waals surface area contributed by atoms with Crippen LogP contribution >= 0.6 is 0 Å². The van der Waals surface area contributed by atoms with Crippen molar-refractivity contribution in [2.75, 3.05) is 13.2 Å². The Morgan fingerprint density at radius 2 is 0.967 bits per heavy atom. The van der Waals surface area contributed by atoms with Crippen LogP contribution in [0.4, 0.5) is 0 Å². The Labute approximate surface area is 375 Å². The Morgan fingerprint density at radius 3 is 1.41 bits per heavy atom. The molecule has 0 bridgehead atoms. The van der Waals surface area contributed by atoms with Crippen molar-refractivity contribution < 1.29 is 39.8 Å². The summed E-state index contributed by atoms with van der Waals surface area (Å²) in [4.78, 5) is 12.9. The Kier molecular flexibility index (Phi) is 40.3. The maximum absolute atomic E-state index is 12.9. The van der Waals surface area contributed by atoms with E-state index in [1.807, 2.05) is 6.08 Å². The molecule has 0 aromatic heterocycles. The summed E-state index contributed by atoms with van der Waals surface area (Å²) in [7, 11) is 0. The highest BCUT2D eigenvalue weighted by molar-refractivity contribution is 5.76. The summed E-state index contributed by atoms with van der Waals surface area (Å²) in [5.41, 5.74) is 0. The first-order chi connectivity index (χ1) is 29.8. The second kappa shape index (κ2) is 42.6. The number of aliphatic hydroxyl groups excluding tert-OH is 5. The quantitative estimate of drug-likeness (QED) is 0.0262. The molecule has 61 heavy (non-hydrogen) atoms. The smallest absolute Gasteiger partial charge is 0.220 e. The molecule has 9 nitrogen and oxygen atoms in total. The van der Waals surface area contributed by atoms with Crippen LogP contribution < -0.4 is 5.32 Å². The molecule has 7 atom stereocenters. The van der Waals surface area contributed by atoms with Crippen LogP contribution in [0.15, 0.2) is 24.3 Å². The van der Waals surface area contributed by atoms with Crippen molar-refractivity contribution >= 4 is 5.91 Å². The normalized spacial score (nSPS) is 20.5. The van der Waals surface area contributed by atoms with E-state index in [1.165, 1.54) is 180 Å². The van der Waals surface area contributed by atoms with Crippen LogP contribution in [0.5, 0.6) is 0 Å². The van der Waals surface area contributed by atoms with E-state index in [0.29, 0.717) is 12.8 Å². The maximum atomic E-state index is 12.9. The molecule has 1 rings (SSSR count). The maximum Gasteiger partial charge on any atom is 0.220 e. The summed E-state index contributed by atoms with van der Waals surface area (Å²) < 4.78 is 11.3. The molecule has 0 radical (unpaired) electrons. The van der Waals surface area contributed by atoms with E-state index in [9.17, 15) is 30.3 Å². The van der Waals surface area contributed by atoms with E-state index in [4.69, 9.17) is 9.47 Å². The topological polar surface area (TPSA) is 149 Å². The molecule has 1 saturated heterocycles. The number of hydrogen-bond donors (Lipinski definition) is 6. The van der Waals surface area contributed by atoms with Gasteiger partial charge in [-0.1, -0.05) is 231 Å². The molecule has 1 fully saturated rings. The third-order valence-electron chi connectivity index (χ3n) is 12.6. The van der Waals surface area contributed by atoms with Crippen LogP contribution in [-0.2, 0) is 14.3 Å². The van der Waals surface area contributed by atoms with Gasteiger partial charge < -0.3 is 40.3 Å². The van der Waals surface area contributed by atoms with Crippen LogP contribution in [0.3, 0.4) is 0 Å². The van der Waals surface area contributed by atoms with Gasteiger partial charge in [-0.15, -0.1) is 0 Å². The number of nitrogens with one attached hydrogen (secondary N) is 1. The number of aliphatic hydroxyl groups is 5. The van der Waals surface area contributed by atoms with Crippen LogP contribution in [0, 0.1) is 0 Å². The van der Waals surface area contributed by atoms with Gasteiger partial charge in [0.25, 0.3) is 0 Å². The summed E-state index contributed by atoms with van der Waals surface area (Å²) in [5.74, 6) is -0.209. The van der Waals surface area contributed by atoms with Crippen LogP contribution in [0.25, 0.3) is 0 Å². The first kappa shape index (κ1) is 57.7. The molecule has 1 aliphatic rings. The molecule has 1 heterocycles. The lowest BCUT2D eigenvalue weighted by atomic mass is 9.99. The summed E-state index contributed by atoms with van der Waals surface area (Å²) in [6.07, 6.45) is 45.0. The van der Waals surface area contributed by atoms with Gasteiger partial charge in [0.2, 0.25) is 5.91 Å². The average Bonchev–Trinajstić information content (AvgIpc) is 3.26. The minimum absolute atomic E-state index is 0.158. The van der Waals surface area contributed by atoms with Crippen molar-refractivity contribution in [2.24, 2.45) is 0 Å². The van der Waals surface area contributed by atoms with Gasteiger partial charge in [-0.25, -0.2) is 0 Å². The standard InChI is InChI=1S/C52H99NO8/c1-3-5-7-9-11-13-15-17-18-19-20-21-22-23-24-25-26-27-28-30-31-33-35-37-39-41-46(55)45(44-60-52-51(59)50(58)49(57)47(43-54)61-52)53-48(56)42-40-38-36-34-32-29-16-14-12-10-8-6-4-2/h29,32,36,38,45-47,49-52,54-55,57-59H,3-28,30-31,33-35,37,39-44H2,1-2H3,(H,53,56)/b32-29-,38-36-. The second-order valence-corrected chi connectivity index (χ2v) is 18.3. The largest absolute Gasteiger partial charge is 0.394 e. The molecular weight excluding hydrogens is 767 g/mol. The fraction of sp³-hybridized carbons (Fsp3) is 0.904. The lowest BCUT2D eigenvalue weighted by Crippen LogP contribution is -2.60. The minimum atomic E-state index is -1.56. The first-order valence-electron chi connectivity index (χ1n) is 26.0. The Hall–Kier alpha value is -1.33. The van der Waals surface area contributed by atoms with Gasteiger partial charge in [-0.3, -0.25) is 4.79 Å². The van der Waals surface area contributed by atoms with Gasteiger partial charge >= 0.3 is 0 Å². The molecule has 6 N–H and O–H groups in total. The molecule has 0 spiro atoms. The molecule has 1 aliphatic heterocycles. The number of unbranched alkanes of at least 4 members (excludes halogenated alkanes) is 30. The second-order valence-electron chi connectivity index (χ2n) is 18.3. The number of allylic oxidation sites excluding steroid dienone is 4. The SMILES string of the molecule is CCCCCCCC/C=C\C/C=C\CCC(=O)NC(COC1OC(CO)C(O)C(O)C1O)C(O)CCCCCCCCCCCCCCCCCCCCCCCCCCC. The monoisotopic (exact) mass is 866 g/mol. The van der Waals surface area contributed by atoms with E-state index < -0.39 is 49.5 Å². The fourth-order valence-corrected chi connectivity index (χ4v) is 8.39. The number of amides is 1. The van der Waals surface area contributed by atoms with Crippen molar-refractivity contribution in [1.82, 2.24) is 5.32 Å². The summed E-state index contributed by atoms with van der Waals surface area (Å²) >= 11 is 0. The lowest BCUT2D eigenvalue weighted by molar-refractivity contribution is -0.302. The van der Waals surface area contributed by atoms with E-state index in [2.05, 4.69) is 37.4 Å². The summed E-state index contributed by atoms with van der Waals surface area (Å²) in [6, 6.07) is -0.747. The molecule has 0 aromatic carbocycles. The lowest BCUT2D eigenvalue weighted by Gasteiger charge is -2.40. The van der Waals surface area contributed by atoms with Crippen molar-refractivity contribution in [3.05, 3.63) is 24.3 Å². The van der Waals surface area contributed by atoms with Crippen LogP contribution in [0.2, 0.25) is 0 Å². The number of ether oxygens (including phenoxy) is 2. The minimum Gasteiger partial charge on any atom is -0.394 e. The summed E-state index contributed by atoms with van der Waals surface area (Å²) in [5, 5.41) is 54.4. The van der Waals surface area contributed by atoms with Crippen LogP contribution in [-0.4, -0.2) is 87.5 Å². The highest BCUT2D eigenvalue weighted by Gasteiger charge is 2.44. The molecule has 0 aliphatic carbocycles. The zero-order valence-corrected chi connectivity index (χ0v) is 39.7. The van der Waals surface area contributed by atoms with E-state index in [0.717, 1.165) is 32.1 Å². The van der Waals surface area contributed by atoms with E-state index in [1.54, 1.807) is 0 Å². The highest BCUT2D eigenvalue weighted by atomic mass is 16.7. The number of hydrogen-bond acceptors (Lipinski definition) is 8. The van der Waals surface area contributed by atoms with E-state index in [-0.39, 0.29) is 18.9 Å². The third-order valence-corrected chi connectivity index (χ3v) is 12.6. The molecule has 7 unspecified atom stereocenters. The Bertz CT molecular complexity index is 1010. The van der Waals surface area contributed by atoms with Crippen molar-refractivity contribution in [3.63, 3.8) is 0 Å². The van der Waals surface area contributed by atoms with Gasteiger partial charge in [0.1, 0.15) is 24.4 Å². The van der Waals surface area contributed by atoms with Gasteiger partial charge in [0.15, 0.2) is 6.29 Å². The Morgan fingerprint density at radius 1 is 0.557 bits per heavy atom. The highest BCUT2D eigenvalue weighted by Crippen LogP contribution is 2.23. The number of carbonyl (C=O) groups excluding carboxylic acids is 1. The Balaban J connectivity index is 2.23. The van der Waals surface area contributed by atoms with E-state index >= 15 is 0 Å². The molecule has 0 aromatic rings. The average molecular weight is 866 g/mol. The van der Waals surface area contributed by atoms with Crippen molar-refractivity contribution in [1.29, 1.82) is 0 Å².